The van der Waals surface area contributed by atoms with Gasteiger partial charge in [-0.15, -0.1) is 11.3 Å². The van der Waals surface area contributed by atoms with E-state index in [1.807, 2.05) is 6.92 Å². The lowest BCUT2D eigenvalue weighted by atomic mass is 10.1. The molecule has 0 aliphatic rings. The SMILES string of the molecule is CCOC(=O)c1sc(C(C)NC(=O)C(C)CN)nc1C. The van der Waals surface area contributed by atoms with E-state index in [9.17, 15) is 9.59 Å². The first kappa shape index (κ1) is 16.6. The van der Waals surface area contributed by atoms with Gasteiger partial charge in [-0.2, -0.15) is 0 Å². The minimum absolute atomic E-state index is 0.120. The maximum Gasteiger partial charge on any atom is 0.350 e. The van der Waals surface area contributed by atoms with E-state index in [1.54, 1.807) is 20.8 Å². The van der Waals surface area contributed by atoms with Crippen LogP contribution in [-0.2, 0) is 9.53 Å². The van der Waals surface area contributed by atoms with E-state index in [0.717, 1.165) is 0 Å². The average molecular weight is 299 g/mol. The van der Waals surface area contributed by atoms with Crippen LogP contribution in [0.2, 0.25) is 0 Å². The molecule has 3 N–H and O–H groups in total. The number of hydrogen-bond acceptors (Lipinski definition) is 6. The van der Waals surface area contributed by atoms with Crippen molar-refractivity contribution < 1.29 is 14.3 Å². The molecule has 2 unspecified atom stereocenters. The number of carbonyl (C=O) groups is 2. The first-order valence-electron chi connectivity index (χ1n) is 6.55. The monoisotopic (exact) mass is 299 g/mol. The van der Waals surface area contributed by atoms with E-state index in [0.29, 0.717) is 28.7 Å². The van der Waals surface area contributed by atoms with Crippen molar-refractivity contribution in [2.45, 2.75) is 33.7 Å². The molecule has 1 aromatic rings. The number of nitrogens with one attached hydrogen (secondary N) is 1. The number of rotatable bonds is 6. The highest BCUT2D eigenvalue weighted by Gasteiger charge is 2.21. The Morgan fingerprint density at radius 1 is 1.45 bits per heavy atom. The Labute approximate surface area is 122 Å². The van der Waals surface area contributed by atoms with Crippen LogP contribution in [0.25, 0.3) is 0 Å². The van der Waals surface area contributed by atoms with Crippen LogP contribution in [0.1, 0.15) is 47.2 Å². The molecule has 20 heavy (non-hydrogen) atoms. The number of esters is 1. The van der Waals surface area contributed by atoms with Crippen molar-refractivity contribution in [3.63, 3.8) is 0 Å². The van der Waals surface area contributed by atoms with Crippen LogP contribution >= 0.6 is 11.3 Å². The fourth-order valence-electron chi connectivity index (χ4n) is 1.51. The van der Waals surface area contributed by atoms with Gasteiger partial charge in [-0.1, -0.05) is 6.92 Å². The van der Waals surface area contributed by atoms with Gasteiger partial charge in [0.2, 0.25) is 5.91 Å². The average Bonchev–Trinajstić information content (AvgIpc) is 2.80. The van der Waals surface area contributed by atoms with Gasteiger partial charge in [0.1, 0.15) is 9.88 Å². The standard InChI is InChI=1S/C13H21N3O3S/c1-5-19-13(18)10-8(3)16-12(20-10)9(4)15-11(17)7(2)6-14/h7,9H,5-6,14H2,1-4H3,(H,15,17). The lowest BCUT2D eigenvalue weighted by molar-refractivity contribution is -0.124. The Morgan fingerprint density at radius 2 is 2.10 bits per heavy atom. The smallest absolute Gasteiger partial charge is 0.350 e. The molecule has 0 aliphatic carbocycles. The fraction of sp³-hybridized carbons (Fsp3) is 0.615. The quantitative estimate of drug-likeness (QED) is 0.774. The molecular formula is C13H21N3O3S. The first-order valence-corrected chi connectivity index (χ1v) is 7.37. The van der Waals surface area contributed by atoms with Gasteiger partial charge < -0.3 is 15.8 Å². The highest BCUT2D eigenvalue weighted by Crippen LogP contribution is 2.24. The molecule has 2 atom stereocenters. The summed E-state index contributed by atoms with van der Waals surface area (Å²) in [6.07, 6.45) is 0. The molecule has 0 aliphatic heterocycles. The second-order valence-electron chi connectivity index (χ2n) is 4.55. The molecule has 0 aromatic carbocycles. The van der Waals surface area contributed by atoms with Gasteiger partial charge in [-0.05, 0) is 20.8 Å². The highest BCUT2D eigenvalue weighted by atomic mass is 32.1. The molecule has 0 bridgehead atoms. The van der Waals surface area contributed by atoms with E-state index in [-0.39, 0.29) is 23.8 Å². The number of thiazole rings is 1. The molecule has 7 heteroatoms. The number of hydrogen-bond donors (Lipinski definition) is 2. The number of aryl methyl sites for hydroxylation is 1. The van der Waals surface area contributed by atoms with E-state index < -0.39 is 0 Å². The summed E-state index contributed by atoms with van der Waals surface area (Å²) in [5, 5.41) is 3.52. The molecule has 6 nitrogen and oxygen atoms in total. The highest BCUT2D eigenvalue weighted by molar-refractivity contribution is 7.13. The van der Waals surface area contributed by atoms with Crippen molar-refractivity contribution in [2.75, 3.05) is 13.2 Å². The summed E-state index contributed by atoms with van der Waals surface area (Å²) in [4.78, 5) is 28.3. The zero-order valence-electron chi connectivity index (χ0n) is 12.2. The van der Waals surface area contributed by atoms with Crippen LogP contribution < -0.4 is 11.1 Å². The van der Waals surface area contributed by atoms with Crippen molar-refractivity contribution in [2.24, 2.45) is 11.7 Å². The van der Waals surface area contributed by atoms with Crippen molar-refractivity contribution >= 4 is 23.2 Å². The second kappa shape index (κ2) is 7.35. The number of carbonyl (C=O) groups excluding carboxylic acids is 2. The van der Waals surface area contributed by atoms with Gasteiger partial charge in [0.25, 0.3) is 0 Å². The van der Waals surface area contributed by atoms with Crippen LogP contribution in [0.15, 0.2) is 0 Å². The van der Waals surface area contributed by atoms with Crippen LogP contribution in [-0.4, -0.2) is 30.0 Å². The van der Waals surface area contributed by atoms with Crippen molar-refractivity contribution in [3.05, 3.63) is 15.6 Å². The van der Waals surface area contributed by atoms with Crippen molar-refractivity contribution in [3.8, 4) is 0 Å². The third-order valence-corrected chi connectivity index (χ3v) is 4.12. The van der Waals surface area contributed by atoms with Crippen LogP contribution in [0, 0.1) is 12.8 Å². The predicted molar refractivity (Wildman–Crippen MR) is 77.6 cm³/mol. The number of nitrogens with zero attached hydrogens (tertiary/aromatic N) is 1. The van der Waals surface area contributed by atoms with Gasteiger partial charge in [0.05, 0.1) is 18.3 Å². The molecule has 1 rings (SSSR count). The topological polar surface area (TPSA) is 94.3 Å². The molecule has 1 heterocycles. The zero-order valence-corrected chi connectivity index (χ0v) is 13.0. The molecule has 0 spiro atoms. The minimum atomic E-state index is -0.373. The molecule has 112 valence electrons. The normalized spacial score (nSPS) is 13.7. The molecular weight excluding hydrogens is 278 g/mol. The summed E-state index contributed by atoms with van der Waals surface area (Å²) < 4.78 is 4.97. The third-order valence-electron chi connectivity index (χ3n) is 2.80. The molecule has 1 aromatic heterocycles. The van der Waals surface area contributed by atoms with Crippen LogP contribution in [0.4, 0.5) is 0 Å². The van der Waals surface area contributed by atoms with Gasteiger partial charge in [0.15, 0.2) is 0 Å². The molecule has 1 amide bonds. The molecule has 0 radical (unpaired) electrons. The Hall–Kier alpha value is -1.47. The van der Waals surface area contributed by atoms with E-state index in [4.69, 9.17) is 10.5 Å². The number of nitrogens with two attached hydrogens (primary N) is 1. The predicted octanol–water partition coefficient (Wildman–Crippen LogP) is 1.40. The molecule has 0 saturated carbocycles. The second-order valence-corrected chi connectivity index (χ2v) is 5.58. The fourth-order valence-corrected chi connectivity index (χ4v) is 2.48. The van der Waals surface area contributed by atoms with Crippen molar-refractivity contribution in [1.82, 2.24) is 10.3 Å². The summed E-state index contributed by atoms with van der Waals surface area (Å²) >= 11 is 1.25. The van der Waals surface area contributed by atoms with Gasteiger partial charge >= 0.3 is 5.97 Å². The summed E-state index contributed by atoms with van der Waals surface area (Å²) in [6, 6.07) is -0.261. The lowest BCUT2D eigenvalue weighted by Gasteiger charge is -2.14. The first-order chi connectivity index (χ1) is 9.40. The maximum absolute atomic E-state index is 11.8. The number of ether oxygens (including phenoxy) is 1. The summed E-state index contributed by atoms with van der Waals surface area (Å²) in [5.41, 5.74) is 6.08. The maximum atomic E-state index is 11.8. The zero-order chi connectivity index (χ0) is 15.3. The van der Waals surface area contributed by atoms with Gasteiger partial charge in [-0.3, -0.25) is 4.79 Å². The summed E-state index contributed by atoms with van der Waals surface area (Å²) in [5.74, 6) is -0.740. The van der Waals surface area contributed by atoms with E-state index >= 15 is 0 Å². The van der Waals surface area contributed by atoms with E-state index in [2.05, 4.69) is 10.3 Å². The van der Waals surface area contributed by atoms with Gasteiger partial charge in [-0.25, -0.2) is 9.78 Å². The van der Waals surface area contributed by atoms with Crippen LogP contribution in [0.5, 0.6) is 0 Å². The Balaban J connectivity index is 2.80. The Kier molecular flexibility index (Phi) is 6.09. The minimum Gasteiger partial charge on any atom is -0.462 e. The third kappa shape index (κ3) is 4.01. The van der Waals surface area contributed by atoms with E-state index in [1.165, 1.54) is 11.3 Å². The molecule has 0 saturated heterocycles. The number of aromatic nitrogens is 1. The summed E-state index contributed by atoms with van der Waals surface area (Å²) in [7, 11) is 0. The largest absolute Gasteiger partial charge is 0.462 e. The Morgan fingerprint density at radius 3 is 2.65 bits per heavy atom. The van der Waals surface area contributed by atoms with Gasteiger partial charge in [0, 0.05) is 12.5 Å². The Bertz CT molecular complexity index is 487. The van der Waals surface area contributed by atoms with Crippen LogP contribution in [0.3, 0.4) is 0 Å². The molecule has 0 fully saturated rings. The van der Waals surface area contributed by atoms with Crippen molar-refractivity contribution in [1.29, 1.82) is 0 Å². The lowest BCUT2D eigenvalue weighted by Crippen LogP contribution is -2.34. The number of amides is 1. The summed E-state index contributed by atoms with van der Waals surface area (Å²) in [6.45, 7) is 7.72.